The maximum Gasteiger partial charge on any atom is 0.337 e. The molecule has 2 aromatic carbocycles. The van der Waals surface area contributed by atoms with Gasteiger partial charge in [0.25, 0.3) is 0 Å². The lowest BCUT2D eigenvalue weighted by atomic mass is 9.98. The van der Waals surface area contributed by atoms with Crippen molar-refractivity contribution >= 4 is 14.0 Å². The zero-order chi connectivity index (χ0) is 24.6. The van der Waals surface area contributed by atoms with Crippen molar-refractivity contribution in [3.8, 4) is 0 Å². The second kappa shape index (κ2) is 12.6. The largest absolute Gasteiger partial charge is 0.467 e. The molecule has 1 saturated heterocycles. The van der Waals surface area contributed by atoms with Gasteiger partial charge < -0.3 is 28.8 Å². The highest BCUT2D eigenvalue weighted by atomic mass is 28.3. The molecular weight excluding hydrogens is 452 g/mol. The highest BCUT2D eigenvalue weighted by Gasteiger charge is 2.50. The zero-order valence-electron chi connectivity index (χ0n) is 20.4. The Morgan fingerprint density at radius 2 is 1.41 bits per heavy atom. The third-order valence-electron chi connectivity index (χ3n) is 5.66. The van der Waals surface area contributed by atoms with Gasteiger partial charge in [-0.1, -0.05) is 80.3 Å². The average molecular weight is 489 g/mol. The summed E-state index contributed by atoms with van der Waals surface area (Å²) in [6.45, 7) is 7.75. The average Bonchev–Trinajstić information content (AvgIpc) is 2.83. The Morgan fingerprint density at radius 3 is 1.91 bits per heavy atom. The molecule has 0 bridgehead atoms. The predicted molar refractivity (Wildman–Crippen MR) is 131 cm³/mol. The molecule has 1 N–H and O–H groups in total. The molecule has 0 unspecified atom stereocenters. The molecule has 0 aromatic heterocycles. The van der Waals surface area contributed by atoms with Crippen LogP contribution in [0.5, 0.6) is 0 Å². The summed E-state index contributed by atoms with van der Waals surface area (Å²) in [4.78, 5) is 12.4. The van der Waals surface area contributed by atoms with Crippen LogP contribution in [0.1, 0.15) is 11.1 Å². The van der Waals surface area contributed by atoms with E-state index in [9.17, 15) is 9.90 Å². The number of aliphatic hydroxyl groups excluding tert-OH is 1. The first kappa shape index (κ1) is 26.5. The number of ether oxygens (including phenoxy) is 5. The van der Waals surface area contributed by atoms with Crippen LogP contribution in [0, 0.1) is 0 Å². The molecule has 1 fully saturated rings. The van der Waals surface area contributed by atoms with E-state index in [4.69, 9.17) is 23.7 Å². The minimum atomic E-state index is -1.36. The van der Waals surface area contributed by atoms with Gasteiger partial charge in [0.15, 0.2) is 12.4 Å². The van der Waals surface area contributed by atoms with E-state index in [0.29, 0.717) is 6.61 Å². The van der Waals surface area contributed by atoms with E-state index in [1.54, 1.807) is 0 Å². The molecule has 0 amide bonds. The van der Waals surface area contributed by atoms with Crippen LogP contribution in [-0.2, 0) is 41.7 Å². The van der Waals surface area contributed by atoms with E-state index in [0.717, 1.165) is 17.2 Å². The summed E-state index contributed by atoms with van der Waals surface area (Å²) in [5.74, 6) is -0.680. The van der Waals surface area contributed by atoms with Crippen molar-refractivity contribution in [1.82, 2.24) is 0 Å². The SMILES string of the molecule is COC(=O)[C@H]1O[C@@H](OCC[Si](C)(C)C)[C@H](OCc2ccccc2)[C@@H](OCc2ccccc2)[C@H]1O. The number of carbonyl (C=O) groups excluding carboxylic acids is 1. The molecule has 1 aliphatic rings. The van der Waals surface area contributed by atoms with Gasteiger partial charge in [-0.25, -0.2) is 4.79 Å². The van der Waals surface area contributed by atoms with Crippen molar-refractivity contribution in [2.24, 2.45) is 0 Å². The highest BCUT2D eigenvalue weighted by molar-refractivity contribution is 6.76. The van der Waals surface area contributed by atoms with E-state index in [-0.39, 0.29) is 13.2 Å². The van der Waals surface area contributed by atoms with E-state index >= 15 is 0 Å². The van der Waals surface area contributed by atoms with E-state index in [1.165, 1.54) is 7.11 Å². The Morgan fingerprint density at radius 1 is 0.882 bits per heavy atom. The monoisotopic (exact) mass is 488 g/mol. The smallest absolute Gasteiger partial charge is 0.337 e. The van der Waals surface area contributed by atoms with Crippen LogP contribution >= 0.6 is 0 Å². The van der Waals surface area contributed by atoms with Crippen molar-refractivity contribution in [1.29, 1.82) is 0 Å². The first-order chi connectivity index (χ1) is 16.3. The third kappa shape index (κ3) is 7.73. The van der Waals surface area contributed by atoms with Crippen LogP contribution in [-0.4, -0.2) is 63.6 Å². The second-order valence-corrected chi connectivity index (χ2v) is 15.3. The zero-order valence-corrected chi connectivity index (χ0v) is 21.4. The number of esters is 1. The van der Waals surface area contributed by atoms with Crippen LogP contribution in [0.4, 0.5) is 0 Å². The van der Waals surface area contributed by atoms with Crippen molar-refractivity contribution in [3.63, 3.8) is 0 Å². The van der Waals surface area contributed by atoms with E-state index < -0.39 is 44.7 Å². The highest BCUT2D eigenvalue weighted by Crippen LogP contribution is 2.29. The molecule has 1 heterocycles. The fourth-order valence-electron chi connectivity index (χ4n) is 3.65. The molecule has 0 radical (unpaired) electrons. The molecular formula is C26H36O7Si. The standard InChI is InChI=1S/C26H36O7Si/c1-29-25(28)23-21(27)22(31-17-19-11-7-5-8-12-19)24(32-18-20-13-9-6-10-14-20)26(33-23)30-15-16-34(2,3)4/h5-14,21-24,26-27H,15-18H2,1-4H3/t21-,22+,23+,24-,26-/m1/s1. The Hall–Kier alpha value is -2.07. The normalized spacial score (nSPS) is 25.1. The molecule has 0 aliphatic carbocycles. The van der Waals surface area contributed by atoms with Gasteiger partial charge in [-0.3, -0.25) is 0 Å². The first-order valence-electron chi connectivity index (χ1n) is 11.6. The molecule has 186 valence electrons. The molecule has 3 rings (SSSR count). The van der Waals surface area contributed by atoms with Crippen molar-refractivity contribution < 1.29 is 33.6 Å². The summed E-state index contributed by atoms with van der Waals surface area (Å²) < 4.78 is 29.3. The number of carbonyl (C=O) groups is 1. The van der Waals surface area contributed by atoms with E-state index in [1.807, 2.05) is 60.7 Å². The minimum absolute atomic E-state index is 0.239. The molecule has 2 aromatic rings. The topological polar surface area (TPSA) is 83.5 Å². The number of hydrogen-bond donors (Lipinski definition) is 1. The first-order valence-corrected chi connectivity index (χ1v) is 15.3. The van der Waals surface area contributed by atoms with Crippen LogP contribution in [0.25, 0.3) is 0 Å². The van der Waals surface area contributed by atoms with Gasteiger partial charge in [0.2, 0.25) is 0 Å². The van der Waals surface area contributed by atoms with Crippen molar-refractivity contribution in [3.05, 3.63) is 71.8 Å². The van der Waals surface area contributed by atoms with Gasteiger partial charge in [-0.15, -0.1) is 0 Å². The number of aliphatic hydroxyl groups is 1. The second-order valence-electron chi connectivity index (χ2n) is 9.64. The fourth-order valence-corrected chi connectivity index (χ4v) is 4.38. The van der Waals surface area contributed by atoms with Crippen LogP contribution in [0.2, 0.25) is 25.7 Å². The maximum absolute atomic E-state index is 12.4. The van der Waals surface area contributed by atoms with Crippen LogP contribution in [0.15, 0.2) is 60.7 Å². The lowest BCUT2D eigenvalue weighted by Gasteiger charge is -2.43. The summed E-state index contributed by atoms with van der Waals surface area (Å²) >= 11 is 0. The number of methoxy groups -OCH3 is 1. The summed E-state index contributed by atoms with van der Waals surface area (Å²) in [5, 5.41) is 11.1. The summed E-state index contributed by atoms with van der Waals surface area (Å²) in [7, 11) is -0.103. The van der Waals surface area contributed by atoms with Gasteiger partial charge in [-0.2, -0.15) is 0 Å². The molecule has 0 saturated carbocycles. The Balaban J connectivity index is 1.82. The Labute approximate surface area is 202 Å². The van der Waals surface area contributed by atoms with Gasteiger partial charge in [-0.05, 0) is 17.2 Å². The van der Waals surface area contributed by atoms with Crippen molar-refractivity contribution in [2.75, 3.05) is 13.7 Å². The van der Waals surface area contributed by atoms with Crippen LogP contribution < -0.4 is 0 Å². The van der Waals surface area contributed by atoms with Crippen molar-refractivity contribution in [2.45, 2.75) is 69.6 Å². The molecule has 0 spiro atoms. The number of benzene rings is 2. The summed E-state index contributed by atoms with van der Waals surface area (Å²) in [6, 6.07) is 20.3. The predicted octanol–water partition coefficient (Wildman–Crippen LogP) is 3.77. The minimum Gasteiger partial charge on any atom is -0.467 e. The Kier molecular flexibility index (Phi) is 9.81. The number of hydrogen-bond acceptors (Lipinski definition) is 7. The number of rotatable bonds is 11. The van der Waals surface area contributed by atoms with Gasteiger partial charge in [0.05, 0.1) is 20.3 Å². The van der Waals surface area contributed by atoms with E-state index in [2.05, 4.69) is 19.6 Å². The van der Waals surface area contributed by atoms with Gasteiger partial charge >= 0.3 is 5.97 Å². The summed E-state index contributed by atoms with van der Waals surface area (Å²) in [5.41, 5.74) is 1.91. The molecule has 7 nitrogen and oxygen atoms in total. The summed E-state index contributed by atoms with van der Waals surface area (Å²) in [6.07, 6.45) is -5.03. The quantitative estimate of drug-likeness (QED) is 0.381. The Bertz CT molecular complexity index is 872. The fraction of sp³-hybridized carbons (Fsp3) is 0.500. The van der Waals surface area contributed by atoms with Crippen LogP contribution in [0.3, 0.4) is 0 Å². The van der Waals surface area contributed by atoms with Gasteiger partial charge in [0.1, 0.15) is 18.3 Å². The molecule has 8 heteroatoms. The molecule has 1 aliphatic heterocycles. The lowest BCUT2D eigenvalue weighted by Crippen LogP contribution is -2.62. The molecule has 5 atom stereocenters. The maximum atomic E-state index is 12.4. The third-order valence-corrected chi connectivity index (χ3v) is 7.36. The lowest BCUT2D eigenvalue weighted by molar-refractivity contribution is -0.312. The van der Waals surface area contributed by atoms with Gasteiger partial charge in [0, 0.05) is 14.7 Å². The molecule has 34 heavy (non-hydrogen) atoms.